The van der Waals surface area contributed by atoms with Gasteiger partial charge in [-0.05, 0) is 6.92 Å². The summed E-state index contributed by atoms with van der Waals surface area (Å²) in [5.74, 6) is -0.401. The van der Waals surface area contributed by atoms with Gasteiger partial charge in [-0.3, -0.25) is 4.79 Å². The first-order valence-corrected chi connectivity index (χ1v) is 6.17. The van der Waals surface area contributed by atoms with E-state index in [4.69, 9.17) is 5.73 Å². The molecule has 0 saturated carbocycles. The predicted molar refractivity (Wildman–Crippen MR) is 72.7 cm³/mol. The van der Waals surface area contributed by atoms with Gasteiger partial charge in [-0.15, -0.1) is 0 Å². The fraction of sp³-hybridized carbons (Fsp3) is 0.769. The Bertz CT molecular complexity index is 180. The van der Waals surface area contributed by atoms with Gasteiger partial charge < -0.3 is 15.3 Å². The average molecular weight is 247 g/mol. The van der Waals surface area contributed by atoms with Crippen LogP contribution in [0.1, 0.15) is 61.3 Å². The van der Waals surface area contributed by atoms with Gasteiger partial charge in [0.2, 0.25) is 5.91 Å². The number of primary amides is 1. The van der Waals surface area contributed by atoms with Gasteiger partial charge in [0.25, 0.3) is 0 Å². The van der Waals surface area contributed by atoms with Crippen LogP contribution >= 0.6 is 0 Å². The average Bonchev–Trinajstić information content (AvgIpc) is 2.34. The number of Topliss-reactive ketones (excluding diaryl/α,β-unsaturated/α-hetero) is 1. The van der Waals surface area contributed by atoms with Crippen LogP contribution in [-0.4, -0.2) is 18.0 Å². The van der Waals surface area contributed by atoms with E-state index in [1.54, 1.807) is 13.8 Å². The molecule has 0 rings (SSSR count). The molecule has 1 atom stereocenters. The third-order valence-corrected chi connectivity index (χ3v) is 1.25. The molecule has 0 aromatic heterocycles. The maximum Gasteiger partial charge on any atom is 0.218 e. The molecule has 17 heavy (non-hydrogen) atoms. The first-order valence-electron chi connectivity index (χ1n) is 6.17. The number of carbonyl (C=O) groups is 3. The smallest absolute Gasteiger partial charge is 0.218 e. The monoisotopic (exact) mass is 247 g/mol. The number of hydrogen-bond acceptors (Lipinski definition) is 3. The molecule has 2 N–H and O–H groups in total. The van der Waals surface area contributed by atoms with Crippen LogP contribution in [0.3, 0.4) is 0 Å². The van der Waals surface area contributed by atoms with Gasteiger partial charge in [0, 0.05) is 18.8 Å². The summed E-state index contributed by atoms with van der Waals surface area (Å²) in [6, 6.07) is 0. The Morgan fingerprint density at radius 2 is 1.47 bits per heavy atom. The standard InChI is InChI=1S/C5H9NO2.C4H8O.2C2H6/c1-4(3-7)2-5(6)8;1-3-4(2)5;2*1-2/h3-4H,2H2,1H3,(H2,6,8);3H2,1-2H3;2*1-2H3. The Kier molecular flexibility index (Phi) is 35.3. The third-order valence-electron chi connectivity index (χ3n) is 1.25. The Hall–Kier alpha value is -1.19. The molecule has 0 saturated heterocycles. The molecule has 1 unspecified atom stereocenters. The zero-order chi connectivity index (χ0) is 14.9. The summed E-state index contributed by atoms with van der Waals surface area (Å²) in [5.41, 5.74) is 4.77. The van der Waals surface area contributed by atoms with E-state index in [-0.39, 0.29) is 18.1 Å². The highest BCUT2D eigenvalue weighted by Crippen LogP contribution is 1.93. The Labute approximate surface area is 106 Å². The molecule has 0 bridgehead atoms. The zero-order valence-corrected chi connectivity index (χ0v) is 12.4. The molecule has 4 nitrogen and oxygen atoms in total. The molecule has 0 radical (unpaired) electrons. The van der Waals surface area contributed by atoms with E-state index >= 15 is 0 Å². The lowest BCUT2D eigenvalue weighted by Crippen LogP contribution is -2.14. The largest absolute Gasteiger partial charge is 0.370 e. The Balaban J connectivity index is -0.0000000809. The summed E-state index contributed by atoms with van der Waals surface area (Å²) in [4.78, 5) is 29.7. The van der Waals surface area contributed by atoms with Crippen molar-refractivity contribution in [2.75, 3.05) is 0 Å². The van der Waals surface area contributed by atoms with Crippen molar-refractivity contribution in [1.29, 1.82) is 0 Å². The van der Waals surface area contributed by atoms with Gasteiger partial charge in [-0.2, -0.15) is 0 Å². The van der Waals surface area contributed by atoms with Crippen molar-refractivity contribution in [1.82, 2.24) is 0 Å². The topological polar surface area (TPSA) is 77.2 Å². The quantitative estimate of drug-likeness (QED) is 0.776. The van der Waals surface area contributed by atoms with Gasteiger partial charge in [-0.25, -0.2) is 0 Å². The molecule has 0 aliphatic rings. The van der Waals surface area contributed by atoms with E-state index in [2.05, 4.69) is 0 Å². The number of amides is 1. The van der Waals surface area contributed by atoms with E-state index < -0.39 is 5.91 Å². The molecule has 1 amide bonds. The van der Waals surface area contributed by atoms with Crippen LogP contribution < -0.4 is 5.73 Å². The first kappa shape index (κ1) is 24.9. The highest BCUT2D eigenvalue weighted by molar-refractivity contribution is 5.77. The lowest BCUT2D eigenvalue weighted by Gasteiger charge is -1.94. The van der Waals surface area contributed by atoms with Crippen molar-refractivity contribution in [2.24, 2.45) is 11.7 Å². The summed E-state index contributed by atoms with van der Waals surface area (Å²) in [5, 5.41) is 0. The summed E-state index contributed by atoms with van der Waals surface area (Å²) in [7, 11) is 0. The maximum absolute atomic E-state index is 10.0. The number of aldehydes is 1. The summed E-state index contributed by atoms with van der Waals surface area (Å²) < 4.78 is 0. The minimum atomic E-state index is -0.426. The molecule has 4 heteroatoms. The Morgan fingerprint density at radius 1 is 1.18 bits per heavy atom. The number of rotatable bonds is 4. The molecule has 104 valence electrons. The van der Waals surface area contributed by atoms with Crippen molar-refractivity contribution < 1.29 is 14.4 Å². The molecule has 0 aromatic carbocycles. The molecule has 0 aromatic rings. The molecule has 0 heterocycles. The van der Waals surface area contributed by atoms with E-state index in [0.717, 1.165) is 0 Å². The van der Waals surface area contributed by atoms with E-state index in [1.807, 2.05) is 34.6 Å². The lowest BCUT2D eigenvalue weighted by molar-refractivity contribution is -0.121. The highest BCUT2D eigenvalue weighted by Gasteiger charge is 2.01. The van der Waals surface area contributed by atoms with Crippen molar-refractivity contribution >= 4 is 18.0 Å². The minimum Gasteiger partial charge on any atom is -0.370 e. The van der Waals surface area contributed by atoms with Crippen LogP contribution in [0.4, 0.5) is 0 Å². The summed E-state index contributed by atoms with van der Waals surface area (Å²) >= 11 is 0. The number of carbonyl (C=O) groups excluding carboxylic acids is 3. The first-order chi connectivity index (χ1) is 7.93. The van der Waals surface area contributed by atoms with E-state index in [1.165, 1.54) is 0 Å². The molecular weight excluding hydrogens is 218 g/mol. The molecule has 0 spiro atoms. The lowest BCUT2D eigenvalue weighted by atomic mass is 10.1. The van der Waals surface area contributed by atoms with Crippen LogP contribution in [0, 0.1) is 5.92 Å². The van der Waals surface area contributed by atoms with Gasteiger partial charge in [0.15, 0.2) is 0 Å². The van der Waals surface area contributed by atoms with Crippen molar-refractivity contribution in [3.8, 4) is 0 Å². The van der Waals surface area contributed by atoms with Crippen LogP contribution in [0.15, 0.2) is 0 Å². The van der Waals surface area contributed by atoms with E-state index in [9.17, 15) is 14.4 Å². The summed E-state index contributed by atoms with van der Waals surface area (Å²) in [6.07, 6.45) is 1.54. The van der Waals surface area contributed by atoms with Gasteiger partial charge in [-0.1, -0.05) is 41.5 Å². The second-order valence-corrected chi connectivity index (χ2v) is 2.84. The Morgan fingerprint density at radius 3 is 1.53 bits per heavy atom. The minimum absolute atomic E-state index is 0.156. The van der Waals surface area contributed by atoms with Crippen LogP contribution in [0.25, 0.3) is 0 Å². The van der Waals surface area contributed by atoms with Crippen molar-refractivity contribution in [2.45, 2.75) is 61.3 Å². The van der Waals surface area contributed by atoms with Crippen LogP contribution in [0.5, 0.6) is 0 Å². The second-order valence-electron chi connectivity index (χ2n) is 2.84. The van der Waals surface area contributed by atoms with Crippen LogP contribution in [0.2, 0.25) is 0 Å². The SMILES string of the molecule is CC.CC.CC(C=O)CC(N)=O.CCC(C)=O. The molecule has 0 aliphatic carbocycles. The fourth-order valence-electron chi connectivity index (χ4n) is 0.365. The van der Waals surface area contributed by atoms with Crippen molar-refractivity contribution in [3.63, 3.8) is 0 Å². The number of nitrogens with two attached hydrogens (primary N) is 1. The number of hydrogen-bond donors (Lipinski definition) is 1. The second kappa shape index (κ2) is 24.2. The van der Waals surface area contributed by atoms with E-state index in [0.29, 0.717) is 12.7 Å². The van der Waals surface area contributed by atoms with Crippen LogP contribution in [-0.2, 0) is 14.4 Å². The fourth-order valence-corrected chi connectivity index (χ4v) is 0.365. The molecule has 0 aliphatic heterocycles. The van der Waals surface area contributed by atoms with Crippen molar-refractivity contribution in [3.05, 3.63) is 0 Å². The van der Waals surface area contributed by atoms with Gasteiger partial charge in [0.05, 0.1) is 0 Å². The zero-order valence-electron chi connectivity index (χ0n) is 12.4. The highest BCUT2D eigenvalue weighted by atomic mass is 16.1. The molecule has 0 fully saturated rings. The predicted octanol–water partition coefficient (Wildman–Crippen LogP) is 2.73. The third kappa shape index (κ3) is 52.4. The van der Waals surface area contributed by atoms with Gasteiger partial charge >= 0.3 is 0 Å². The normalized spacial score (nSPS) is 8.88. The number of ketones is 1. The maximum atomic E-state index is 10.0. The molecular formula is C13H29NO3. The van der Waals surface area contributed by atoms with Gasteiger partial charge in [0.1, 0.15) is 12.1 Å². The summed E-state index contributed by atoms with van der Waals surface area (Å²) in [6.45, 7) is 13.1.